The Hall–Kier alpha value is -2.99. The van der Waals surface area contributed by atoms with Gasteiger partial charge in [-0.05, 0) is 49.6 Å². The van der Waals surface area contributed by atoms with Gasteiger partial charge in [-0.15, -0.1) is 0 Å². The second kappa shape index (κ2) is 8.80. The molecule has 1 amide bonds. The first kappa shape index (κ1) is 19.8. The van der Waals surface area contributed by atoms with Gasteiger partial charge in [-0.25, -0.2) is 0 Å². The van der Waals surface area contributed by atoms with E-state index in [4.69, 9.17) is 15.2 Å². The van der Waals surface area contributed by atoms with Gasteiger partial charge in [0.1, 0.15) is 0 Å². The number of methoxy groups -OCH3 is 2. The van der Waals surface area contributed by atoms with E-state index in [2.05, 4.69) is 22.8 Å². The number of carbonyl (C=O) groups excluding carboxylic acids is 1. The molecule has 0 bridgehead atoms. The lowest BCUT2D eigenvalue weighted by molar-refractivity contribution is -0.110. The topological polar surface area (TPSA) is 85.6 Å². The standard InChI is InChI=1S/C22H27N3O3/c1-4-17(24-15-9-7-14(8-10-15)6-5-11-23)21-16-12-19(27-2)20(28-3)13-18(16)25-22(21)26/h7-10,12-13,24H,4-6,11,23H2,1-3H3,(H,25,26). The number of benzene rings is 2. The molecule has 1 aliphatic heterocycles. The highest BCUT2D eigenvalue weighted by molar-refractivity contribution is 6.32. The fourth-order valence-electron chi connectivity index (χ4n) is 3.36. The molecule has 1 heterocycles. The van der Waals surface area contributed by atoms with Crippen LogP contribution in [0, 0.1) is 0 Å². The van der Waals surface area contributed by atoms with Crippen LogP contribution in [-0.4, -0.2) is 26.7 Å². The number of carbonyl (C=O) groups is 1. The summed E-state index contributed by atoms with van der Waals surface area (Å²) in [5, 5.41) is 6.34. The minimum absolute atomic E-state index is 0.130. The highest BCUT2D eigenvalue weighted by Crippen LogP contribution is 2.42. The minimum atomic E-state index is -0.130. The zero-order valence-electron chi connectivity index (χ0n) is 16.6. The van der Waals surface area contributed by atoms with E-state index in [0.717, 1.165) is 35.5 Å². The number of aryl methyl sites for hydroxylation is 1. The highest BCUT2D eigenvalue weighted by atomic mass is 16.5. The maximum absolute atomic E-state index is 12.7. The summed E-state index contributed by atoms with van der Waals surface area (Å²) in [6.07, 6.45) is 2.63. The van der Waals surface area contributed by atoms with E-state index in [9.17, 15) is 4.79 Å². The summed E-state index contributed by atoms with van der Waals surface area (Å²) in [7, 11) is 3.16. The molecule has 3 rings (SSSR count). The second-order valence-electron chi connectivity index (χ2n) is 6.63. The van der Waals surface area contributed by atoms with Crippen LogP contribution in [0.5, 0.6) is 11.5 Å². The van der Waals surface area contributed by atoms with Crippen LogP contribution in [0.4, 0.5) is 11.4 Å². The van der Waals surface area contributed by atoms with Crippen molar-refractivity contribution in [2.45, 2.75) is 26.2 Å². The second-order valence-corrected chi connectivity index (χ2v) is 6.63. The van der Waals surface area contributed by atoms with Gasteiger partial charge in [-0.3, -0.25) is 4.79 Å². The largest absolute Gasteiger partial charge is 0.493 e. The van der Waals surface area contributed by atoms with Crippen LogP contribution in [0.1, 0.15) is 30.9 Å². The van der Waals surface area contributed by atoms with Crippen molar-refractivity contribution in [1.29, 1.82) is 0 Å². The maximum Gasteiger partial charge on any atom is 0.258 e. The van der Waals surface area contributed by atoms with Crippen molar-refractivity contribution in [2.24, 2.45) is 5.73 Å². The molecule has 6 nitrogen and oxygen atoms in total. The maximum atomic E-state index is 12.7. The van der Waals surface area contributed by atoms with Crippen molar-refractivity contribution in [3.8, 4) is 11.5 Å². The fraction of sp³-hybridized carbons (Fsp3) is 0.318. The van der Waals surface area contributed by atoms with Gasteiger partial charge in [-0.1, -0.05) is 19.1 Å². The molecule has 28 heavy (non-hydrogen) atoms. The number of fused-ring (bicyclic) bond motifs is 1. The summed E-state index contributed by atoms with van der Waals surface area (Å²) in [6.45, 7) is 2.71. The van der Waals surface area contributed by atoms with Crippen LogP contribution < -0.4 is 25.8 Å². The molecule has 0 fully saturated rings. The van der Waals surface area contributed by atoms with Crippen LogP contribution in [0.25, 0.3) is 5.57 Å². The molecule has 148 valence electrons. The van der Waals surface area contributed by atoms with Gasteiger partial charge in [-0.2, -0.15) is 0 Å². The molecule has 6 heteroatoms. The Labute approximate surface area is 165 Å². The Morgan fingerprint density at radius 2 is 1.79 bits per heavy atom. The number of nitrogens with two attached hydrogens (primary N) is 1. The van der Waals surface area contributed by atoms with Crippen molar-refractivity contribution in [3.05, 3.63) is 53.2 Å². The summed E-state index contributed by atoms with van der Waals surface area (Å²) in [4.78, 5) is 12.7. The zero-order valence-corrected chi connectivity index (χ0v) is 16.6. The third kappa shape index (κ3) is 3.97. The molecular formula is C22H27N3O3. The van der Waals surface area contributed by atoms with E-state index in [-0.39, 0.29) is 5.91 Å². The third-order valence-electron chi connectivity index (χ3n) is 4.84. The Bertz CT molecular complexity index is 889. The average Bonchev–Trinajstić information content (AvgIpc) is 3.04. The normalized spacial score (nSPS) is 14.4. The summed E-state index contributed by atoms with van der Waals surface area (Å²) in [5.41, 5.74) is 10.8. The van der Waals surface area contributed by atoms with E-state index in [1.807, 2.05) is 25.1 Å². The first-order chi connectivity index (χ1) is 13.6. The number of allylic oxidation sites excluding steroid dienone is 1. The number of rotatable bonds is 8. The molecule has 0 aromatic heterocycles. The van der Waals surface area contributed by atoms with Gasteiger partial charge in [0.05, 0.1) is 25.5 Å². The van der Waals surface area contributed by atoms with E-state index in [1.54, 1.807) is 20.3 Å². The van der Waals surface area contributed by atoms with Gasteiger partial charge >= 0.3 is 0 Å². The van der Waals surface area contributed by atoms with E-state index in [1.165, 1.54) is 5.56 Å². The summed E-state index contributed by atoms with van der Waals surface area (Å²) < 4.78 is 10.7. The number of amides is 1. The van der Waals surface area contributed by atoms with Crippen LogP contribution in [0.15, 0.2) is 42.1 Å². The van der Waals surface area contributed by atoms with E-state index in [0.29, 0.717) is 30.0 Å². The van der Waals surface area contributed by atoms with Crippen molar-refractivity contribution in [3.63, 3.8) is 0 Å². The van der Waals surface area contributed by atoms with Crippen LogP contribution >= 0.6 is 0 Å². The number of ether oxygens (including phenoxy) is 2. The summed E-state index contributed by atoms with van der Waals surface area (Å²) in [6, 6.07) is 11.9. The molecule has 2 aromatic rings. The number of anilines is 2. The average molecular weight is 381 g/mol. The van der Waals surface area contributed by atoms with Crippen LogP contribution in [-0.2, 0) is 11.2 Å². The lowest BCUT2D eigenvalue weighted by atomic mass is 10.0. The minimum Gasteiger partial charge on any atom is -0.493 e. The zero-order chi connectivity index (χ0) is 20.1. The van der Waals surface area contributed by atoms with Gasteiger partial charge in [0.25, 0.3) is 5.91 Å². The molecule has 0 saturated heterocycles. The highest BCUT2D eigenvalue weighted by Gasteiger charge is 2.29. The Morgan fingerprint density at radius 3 is 2.39 bits per heavy atom. The smallest absolute Gasteiger partial charge is 0.258 e. The molecular weight excluding hydrogens is 354 g/mol. The molecule has 0 spiro atoms. The van der Waals surface area contributed by atoms with Crippen LogP contribution in [0.3, 0.4) is 0 Å². The quantitative estimate of drug-likeness (QED) is 0.606. The Balaban J connectivity index is 1.94. The Morgan fingerprint density at radius 1 is 1.11 bits per heavy atom. The van der Waals surface area contributed by atoms with Crippen molar-refractivity contribution >= 4 is 22.9 Å². The summed E-state index contributed by atoms with van der Waals surface area (Å²) in [5.74, 6) is 1.05. The SMILES string of the molecule is CCC(Nc1ccc(CCCN)cc1)=C1C(=O)Nc2cc(OC)c(OC)cc21. The summed E-state index contributed by atoms with van der Waals surface area (Å²) >= 11 is 0. The van der Waals surface area contributed by atoms with Crippen LogP contribution in [0.2, 0.25) is 0 Å². The molecule has 2 aromatic carbocycles. The first-order valence-electron chi connectivity index (χ1n) is 9.48. The van der Waals surface area contributed by atoms with Gasteiger partial charge < -0.3 is 25.8 Å². The van der Waals surface area contributed by atoms with Crippen molar-refractivity contribution < 1.29 is 14.3 Å². The molecule has 0 aliphatic carbocycles. The van der Waals surface area contributed by atoms with Gasteiger partial charge in [0, 0.05) is 23.0 Å². The molecule has 4 N–H and O–H groups in total. The fourth-order valence-corrected chi connectivity index (χ4v) is 3.36. The predicted octanol–water partition coefficient (Wildman–Crippen LogP) is 3.78. The van der Waals surface area contributed by atoms with E-state index < -0.39 is 0 Å². The lowest BCUT2D eigenvalue weighted by Gasteiger charge is -2.14. The predicted molar refractivity (Wildman–Crippen MR) is 113 cm³/mol. The number of nitrogens with one attached hydrogen (secondary N) is 2. The number of hydrogen-bond acceptors (Lipinski definition) is 5. The molecule has 0 atom stereocenters. The first-order valence-corrected chi connectivity index (χ1v) is 9.48. The molecule has 0 unspecified atom stereocenters. The lowest BCUT2D eigenvalue weighted by Crippen LogP contribution is -2.10. The Kier molecular flexibility index (Phi) is 6.21. The van der Waals surface area contributed by atoms with Gasteiger partial charge in [0.2, 0.25) is 0 Å². The number of hydrogen-bond donors (Lipinski definition) is 3. The van der Waals surface area contributed by atoms with E-state index >= 15 is 0 Å². The van der Waals surface area contributed by atoms with Gasteiger partial charge in [0.15, 0.2) is 11.5 Å². The molecule has 1 aliphatic rings. The van der Waals surface area contributed by atoms with Crippen molar-refractivity contribution in [1.82, 2.24) is 0 Å². The third-order valence-corrected chi connectivity index (χ3v) is 4.84. The molecule has 0 saturated carbocycles. The van der Waals surface area contributed by atoms with Crippen molar-refractivity contribution in [2.75, 3.05) is 31.4 Å². The molecule has 0 radical (unpaired) electrons. The monoisotopic (exact) mass is 381 g/mol.